The van der Waals surface area contributed by atoms with Crippen molar-refractivity contribution >= 4 is 46.0 Å². The van der Waals surface area contributed by atoms with Crippen molar-refractivity contribution in [3.8, 4) is 5.75 Å². The van der Waals surface area contributed by atoms with Crippen molar-refractivity contribution in [1.82, 2.24) is 15.5 Å². The summed E-state index contributed by atoms with van der Waals surface area (Å²) in [5.41, 5.74) is 0.464. The smallest absolute Gasteiger partial charge is 0.325 e. The number of nitrogens with one attached hydrogen (secondary N) is 2. The van der Waals surface area contributed by atoms with Crippen LogP contribution in [0.15, 0.2) is 28.6 Å². The second-order valence-electron chi connectivity index (χ2n) is 5.16. The molecule has 28 heavy (non-hydrogen) atoms. The molecule has 0 saturated carbocycles. The number of aromatic nitrogens is 2. The van der Waals surface area contributed by atoms with Gasteiger partial charge in [-0.15, -0.1) is 10.2 Å². The number of carbonyl (C=O) groups excluding carboxylic acids is 3. The van der Waals surface area contributed by atoms with Crippen molar-refractivity contribution in [2.45, 2.75) is 18.2 Å². The molecule has 0 radical (unpaired) electrons. The van der Waals surface area contributed by atoms with Gasteiger partial charge in [0.2, 0.25) is 11.0 Å². The maximum Gasteiger partial charge on any atom is 0.325 e. The summed E-state index contributed by atoms with van der Waals surface area (Å²) < 4.78 is 10.6. The average Bonchev–Trinajstić information content (AvgIpc) is 3.13. The Kier molecular flexibility index (Phi) is 8.69. The standard InChI is InChI=1S/C17H20N4O5S2/c1-3-25-12-7-5-11(6-8-12)15(24)19-16-20-21-17(28-16)27-10-13(22)18-9-14(23)26-4-2/h5-8H,3-4,9-10H2,1-2H3,(H,18,22)(H,19,20,24). The predicted molar refractivity (Wildman–Crippen MR) is 106 cm³/mol. The Labute approximate surface area is 170 Å². The number of esters is 1. The highest BCUT2D eigenvalue weighted by Crippen LogP contribution is 2.25. The fourth-order valence-corrected chi connectivity index (χ4v) is 3.50. The van der Waals surface area contributed by atoms with Crippen LogP contribution >= 0.6 is 23.1 Å². The summed E-state index contributed by atoms with van der Waals surface area (Å²) in [4.78, 5) is 35.1. The minimum absolute atomic E-state index is 0.0703. The third-order valence-electron chi connectivity index (χ3n) is 3.12. The fourth-order valence-electron chi connectivity index (χ4n) is 1.92. The van der Waals surface area contributed by atoms with E-state index in [1.54, 1.807) is 31.2 Å². The van der Waals surface area contributed by atoms with Crippen LogP contribution in [0.3, 0.4) is 0 Å². The van der Waals surface area contributed by atoms with Gasteiger partial charge < -0.3 is 14.8 Å². The molecular formula is C17H20N4O5S2. The number of hydrogen-bond acceptors (Lipinski definition) is 9. The van der Waals surface area contributed by atoms with Crippen molar-refractivity contribution in [3.63, 3.8) is 0 Å². The number of thioether (sulfide) groups is 1. The second kappa shape index (κ2) is 11.2. The summed E-state index contributed by atoms with van der Waals surface area (Å²) >= 11 is 2.31. The lowest BCUT2D eigenvalue weighted by Crippen LogP contribution is -2.31. The molecule has 0 unspecified atom stereocenters. The Morgan fingerprint density at radius 3 is 2.54 bits per heavy atom. The van der Waals surface area contributed by atoms with Crippen LogP contribution in [0, 0.1) is 0 Å². The van der Waals surface area contributed by atoms with Crippen LogP contribution in [-0.2, 0) is 14.3 Å². The molecule has 0 atom stereocenters. The average molecular weight is 425 g/mol. The van der Waals surface area contributed by atoms with Crippen LogP contribution in [0.1, 0.15) is 24.2 Å². The lowest BCUT2D eigenvalue weighted by Gasteiger charge is -2.04. The molecule has 0 aliphatic heterocycles. The maximum absolute atomic E-state index is 12.2. The molecule has 1 aromatic heterocycles. The van der Waals surface area contributed by atoms with Crippen molar-refractivity contribution in [2.24, 2.45) is 0 Å². The van der Waals surface area contributed by atoms with Crippen molar-refractivity contribution in [1.29, 1.82) is 0 Å². The van der Waals surface area contributed by atoms with Gasteiger partial charge in [-0.2, -0.15) is 0 Å². The van der Waals surface area contributed by atoms with E-state index in [0.29, 0.717) is 27.4 Å². The van der Waals surface area contributed by atoms with E-state index in [1.807, 2.05) is 6.92 Å². The van der Waals surface area contributed by atoms with Gasteiger partial charge in [-0.1, -0.05) is 23.1 Å². The van der Waals surface area contributed by atoms with Gasteiger partial charge in [0, 0.05) is 5.56 Å². The van der Waals surface area contributed by atoms with E-state index < -0.39 is 5.97 Å². The summed E-state index contributed by atoms with van der Waals surface area (Å²) in [6.07, 6.45) is 0. The normalized spacial score (nSPS) is 10.2. The van der Waals surface area contributed by atoms with Gasteiger partial charge >= 0.3 is 5.97 Å². The second-order valence-corrected chi connectivity index (χ2v) is 7.36. The number of carbonyl (C=O) groups is 3. The van der Waals surface area contributed by atoms with Gasteiger partial charge in [-0.05, 0) is 38.1 Å². The van der Waals surface area contributed by atoms with Gasteiger partial charge in [0.1, 0.15) is 12.3 Å². The molecule has 1 heterocycles. The highest BCUT2D eigenvalue weighted by Gasteiger charge is 2.12. The Morgan fingerprint density at radius 2 is 1.86 bits per heavy atom. The number of ether oxygens (including phenoxy) is 2. The zero-order chi connectivity index (χ0) is 20.4. The van der Waals surface area contributed by atoms with E-state index >= 15 is 0 Å². The Hall–Kier alpha value is -2.66. The molecule has 0 fully saturated rings. The van der Waals surface area contributed by atoms with Gasteiger partial charge in [0.05, 0.1) is 19.0 Å². The Morgan fingerprint density at radius 1 is 1.11 bits per heavy atom. The minimum Gasteiger partial charge on any atom is -0.494 e. The van der Waals surface area contributed by atoms with Crippen molar-refractivity contribution < 1.29 is 23.9 Å². The molecule has 9 nitrogen and oxygen atoms in total. The fraction of sp³-hybridized carbons (Fsp3) is 0.353. The maximum atomic E-state index is 12.2. The molecule has 2 amide bonds. The Balaban J connectivity index is 1.79. The molecule has 0 saturated heterocycles. The summed E-state index contributed by atoms with van der Waals surface area (Å²) in [7, 11) is 0. The highest BCUT2D eigenvalue weighted by atomic mass is 32.2. The first-order valence-electron chi connectivity index (χ1n) is 8.44. The van der Waals surface area contributed by atoms with E-state index in [4.69, 9.17) is 9.47 Å². The quantitative estimate of drug-likeness (QED) is 0.337. The first-order valence-corrected chi connectivity index (χ1v) is 10.2. The monoisotopic (exact) mass is 424 g/mol. The van der Waals surface area contributed by atoms with Gasteiger partial charge in [0.25, 0.3) is 5.91 Å². The molecule has 0 aliphatic carbocycles. The zero-order valence-electron chi connectivity index (χ0n) is 15.4. The first-order chi connectivity index (χ1) is 13.5. The number of hydrogen-bond donors (Lipinski definition) is 2. The van der Waals surface area contributed by atoms with Crippen LogP contribution in [0.2, 0.25) is 0 Å². The third kappa shape index (κ3) is 7.16. The number of rotatable bonds is 10. The summed E-state index contributed by atoms with van der Waals surface area (Å²) in [5, 5.41) is 13.3. The van der Waals surface area contributed by atoms with Crippen LogP contribution < -0.4 is 15.4 Å². The SMILES string of the molecule is CCOC(=O)CNC(=O)CSc1nnc(NC(=O)c2ccc(OCC)cc2)s1. The largest absolute Gasteiger partial charge is 0.494 e. The molecule has 1 aromatic carbocycles. The van der Waals surface area contributed by atoms with Crippen LogP contribution in [0.25, 0.3) is 0 Å². The van der Waals surface area contributed by atoms with Gasteiger partial charge in [0.15, 0.2) is 4.34 Å². The molecule has 2 rings (SSSR count). The molecule has 150 valence electrons. The van der Waals surface area contributed by atoms with E-state index in [1.165, 1.54) is 0 Å². The molecule has 0 spiro atoms. The van der Waals surface area contributed by atoms with Gasteiger partial charge in [-0.3, -0.25) is 19.7 Å². The molecule has 0 aliphatic rings. The van der Waals surface area contributed by atoms with Crippen molar-refractivity contribution in [3.05, 3.63) is 29.8 Å². The number of amides is 2. The zero-order valence-corrected chi connectivity index (χ0v) is 17.0. The topological polar surface area (TPSA) is 120 Å². The lowest BCUT2D eigenvalue weighted by atomic mass is 10.2. The molecule has 2 aromatic rings. The van der Waals surface area contributed by atoms with E-state index in [0.717, 1.165) is 23.1 Å². The predicted octanol–water partition coefficient (Wildman–Crippen LogP) is 1.96. The van der Waals surface area contributed by atoms with E-state index in [-0.39, 0.29) is 30.7 Å². The van der Waals surface area contributed by atoms with Crippen LogP contribution in [0.5, 0.6) is 5.75 Å². The number of benzene rings is 1. The Bertz CT molecular complexity index is 810. The van der Waals surface area contributed by atoms with Crippen LogP contribution in [0.4, 0.5) is 5.13 Å². The molecule has 0 bridgehead atoms. The minimum atomic E-state index is -0.490. The summed E-state index contributed by atoms with van der Waals surface area (Å²) in [6.45, 7) is 4.22. The lowest BCUT2D eigenvalue weighted by molar-refractivity contribution is -0.143. The third-order valence-corrected chi connectivity index (χ3v) is 5.09. The summed E-state index contributed by atoms with van der Waals surface area (Å²) in [5.74, 6) is -0.372. The van der Waals surface area contributed by atoms with Crippen molar-refractivity contribution in [2.75, 3.05) is 30.8 Å². The molecular weight excluding hydrogens is 404 g/mol. The summed E-state index contributed by atoms with van der Waals surface area (Å²) in [6, 6.07) is 6.75. The number of nitrogens with zero attached hydrogens (tertiary/aromatic N) is 2. The van der Waals surface area contributed by atoms with Gasteiger partial charge in [-0.25, -0.2) is 0 Å². The van der Waals surface area contributed by atoms with Crippen LogP contribution in [-0.4, -0.2) is 53.5 Å². The van der Waals surface area contributed by atoms with E-state index in [9.17, 15) is 14.4 Å². The highest BCUT2D eigenvalue weighted by molar-refractivity contribution is 8.01. The van der Waals surface area contributed by atoms with E-state index in [2.05, 4.69) is 20.8 Å². The molecule has 11 heteroatoms. The first kappa shape index (κ1) is 21.6. The number of anilines is 1. The molecule has 2 N–H and O–H groups in total.